The van der Waals surface area contributed by atoms with Gasteiger partial charge in [0.05, 0.1) is 0 Å². The number of hydrogen-bond acceptors (Lipinski definition) is 1. The highest BCUT2D eigenvalue weighted by Crippen LogP contribution is 2.32. The minimum Gasteiger partial charge on any atom is -0.324 e. The minimum absolute atomic E-state index is 0.126. The molecule has 0 saturated carbocycles. The van der Waals surface area contributed by atoms with Gasteiger partial charge in [-0.15, -0.1) is 0 Å². The molecule has 0 aromatic heterocycles. The van der Waals surface area contributed by atoms with Gasteiger partial charge in [0, 0.05) is 6.04 Å². The van der Waals surface area contributed by atoms with Crippen LogP contribution in [0.4, 0.5) is 4.39 Å². The number of fused-ring (bicyclic) bond motifs is 1. The van der Waals surface area contributed by atoms with Crippen LogP contribution in [-0.2, 0) is 6.42 Å². The van der Waals surface area contributed by atoms with Crippen molar-refractivity contribution in [1.82, 2.24) is 0 Å². The molecule has 2 rings (SSSR count). The Hall–Kier alpha value is -0.890. The van der Waals surface area contributed by atoms with Gasteiger partial charge in [-0.1, -0.05) is 0 Å². The fraction of sp³-hybridized carbons (Fsp3) is 0.400. The van der Waals surface area contributed by atoms with E-state index < -0.39 is 0 Å². The van der Waals surface area contributed by atoms with Crippen LogP contribution >= 0.6 is 0 Å². The predicted octanol–water partition coefficient (Wildman–Crippen LogP) is 2.08. The molecule has 2 N–H and O–H groups in total. The lowest BCUT2D eigenvalue weighted by Gasteiger charge is -2.08. The van der Waals surface area contributed by atoms with Crippen LogP contribution in [0.15, 0.2) is 12.1 Å². The highest BCUT2D eigenvalue weighted by Gasteiger charge is 2.21. The average Bonchev–Trinajstić information content (AvgIpc) is 2.31. The van der Waals surface area contributed by atoms with E-state index in [1.165, 1.54) is 0 Å². The molecule has 1 atom stereocenters. The Morgan fingerprint density at radius 1 is 1.50 bits per heavy atom. The molecule has 2 heteroatoms. The monoisotopic (exact) mass is 165 g/mol. The Balaban J connectivity index is 2.60. The third kappa shape index (κ3) is 1.03. The molecule has 0 spiro atoms. The number of hydrogen-bond donors (Lipinski definition) is 1. The summed E-state index contributed by atoms with van der Waals surface area (Å²) in [5, 5.41) is 0. The molecule has 1 aliphatic rings. The van der Waals surface area contributed by atoms with Gasteiger partial charge in [-0.3, -0.25) is 0 Å². The van der Waals surface area contributed by atoms with Crippen molar-refractivity contribution in [3.8, 4) is 0 Å². The zero-order chi connectivity index (χ0) is 8.72. The Labute approximate surface area is 71.4 Å². The Morgan fingerprint density at radius 2 is 2.25 bits per heavy atom. The number of halogens is 1. The van der Waals surface area contributed by atoms with Gasteiger partial charge in [0.25, 0.3) is 0 Å². The van der Waals surface area contributed by atoms with Crippen molar-refractivity contribution in [3.63, 3.8) is 0 Å². The lowest BCUT2D eigenvalue weighted by molar-refractivity contribution is 0.624. The summed E-state index contributed by atoms with van der Waals surface area (Å²) in [6.07, 6.45) is 1.88. The highest BCUT2D eigenvalue weighted by molar-refractivity contribution is 5.40. The molecular weight excluding hydrogens is 153 g/mol. The van der Waals surface area contributed by atoms with E-state index in [4.69, 9.17) is 5.73 Å². The van der Waals surface area contributed by atoms with E-state index in [2.05, 4.69) is 0 Å². The van der Waals surface area contributed by atoms with Crippen molar-refractivity contribution < 1.29 is 4.39 Å². The van der Waals surface area contributed by atoms with Crippen LogP contribution < -0.4 is 5.73 Å². The van der Waals surface area contributed by atoms with E-state index in [9.17, 15) is 4.39 Å². The van der Waals surface area contributed by atoms with Gasteiger partial charge < -0.3 is 5.73 Å². The molecule has 0 fully saturated rings. The first-order valence-corrected chi connectivity index (χ1v) is 4.23. The van der Waals surface area contributed by atoms with Crippen molar-refractivity contribution in [2.24, 2.45) is 5.73 Å². The first-order chi connectivity index (χ1) is 5.68. The van der Waals surface area contributed by atoms with Crippen molar-refractivity contribution in [2.45, 2.75) is 25.8 Å². The normalized spacial score (nSPS) is 21.1. The molecule has 0 unspecified atom stereocenters. The first kappa shape index (κ1) is 7.74. The zero-order valence-corrected chi connectivity index (χ0v) is 7.10. The number of benzene rings is 1. The summed E-state index contributed by atoms with van der Waals surface area (Å²) in [6, 6.07) is 3.29. The summed E-state index contributed by atoms with van der Waals surface area (Å²) in [6.45, 7) is 1.92. The van der Waals surface area contributed by atoms with E-state index in [0.717, 1.165) is 29.5 Å². The third-order valence-corrected chi connectivity index (χ3v) is 2.53. The summed E-state index contributed by atoms with van der Waals surface area (Å²) in [5.41, 5.74) is 9.13. The lowest BCUT2D eigenvalue weighted by atomic mass is 10.0. The SMILES string of the molecule is Cc1cc(F)cc2c1[C@@H](N)CC2. The predicted molar refractivity (Wildman–Crippen MR) is 46.4 cm³/mol. The van der Waals surface area contributed by atoms with Crippen molar-refractivity contribution >= 4 is 0 Å². The molecule has 0 radical (unpaired) electrons. The van der Waals surface area contributed by atoms with Gasteiger partial charge >= 0.3 is 0 Å². The van der Waals surface area contributed by atoms with Crippen LogP contribution in [0.2, 0.25) is 0 Å². The summed E-state index contributed by atoms with van der Waals surface area (Å²) in [5.74, 6) is -0.139. The van der Waals surface area contributed by atoms with Crippen molar-refractivity contribution in [3.05, 3.63) is 34.6 Å². The van der Waals surface area contributed by atoms with E-state index in [1.54, 1.807) is 12.1 Å². The number of nitrogens with two attached hydrogens (primary N) is 1. The van der Waals surface area contributed by atoms with E-state index >= 15 is 0 Å². The molecule has 0 bridgehead atoms. The summed E-state index contributed by atoms with van der Waals surface area (Å²) in [7, 11) is 0. The van der Waals surface area contributed by atoms with Crippen LogP contribution in [0, 0.1) is 12.7 Å². The maximum atomic E-state index is 12.9. The third-order valence-electron chi connectivity index (χ3n) is 2.53. The smallest absolute Gasteiger partial charge is 0.123 e. The Morgan fingerprint density at radius 3 is 3.00 bits per heavy atom. The summed E-state index contributed by atoms with van der Waals surface area (Å²) < 4.78 is 12.9. The quantitative estimate of drug-likeness (QED) is 0.625. The minimum atomic E-state index is -0.139. The molecule has 0 aliphatic heterocycles. The molecule has 1 aliphatic carbocycles. The van der Waals surface area contributed by atoms with Crippen LogP contribution in [0.3, 0.4) is 0 Å². The van der Waals surface area contributed by atoms with Crippen LogP contribution in [0.1, 0.15) is 29.2 Å². The fourth-order valence-corrected chi connectivity index (χ4v) is 2.02. The molecule has 1 aromatic carbocycles. The molecule has 0 heterocycles. The average molecular weight is 165 g/mol. The van der Waals surface area contributed by atoms with Crippen LogP contribution in [-0.4, -0.2) is 0 Å². The van der Waals surface area contributed by atoms with Crippen LogP contribution in [0.25, 0.3) is 0 Å². The molecular formula is C10H12FN. The first-order valence-electron chi connectivity index (χ1n) is 4.23. The second-order valence-corrected chi connectivity index (χ2v) is 3.44. The Bertz CT molecular complexity index is 320. The van der Waals surface area contributed by atoms with E-state index in [0.29, 0.717) is 0 Å². The summed E-state index contributed by atoms with van der Waals surface area (Å²) >= 11 is 0. The lowest BCUT2D eigenvalue weighted by Crippen LogP contribution is -2.07. The van der Waals surface area contributed by atoms with Gasteiger partial charge in [-0.2, -0.15) is 0 Å². The maximum Gasteiger partial charge on any atom is 0.123 e. The standard InChI is InChI=1S/C10H12FN/c1-6-4-8(11)5-7-2-3-9(12)10(6)7/h4-5,9H,2-3,12H2,1H3/t9-/m0/s1. The van der Waals surface area contributed by atoms with Gasteiger partial charge in [0.15, 0.2) is 0 Å². The molecule has 1 nitrogen and oxygen atoms in total. The van der Waals surface area contributed by atoms with Crippen LogP contribution in [0.5, 0.6) is 0 Å². The zero-order valence-electron chi connectivity index (χ0n) is 7.10. The molecule has 0 amide bonds. The molecule has 1 aromatic rings. The summed E-state index contributed by atoms with van der Waals surface area (Å²) in [4.78, 5) is 0. The van der Waals surface area contributed by atoms with E-state index in [-0.39, 0.29) is 11.9 Å². The second kappa shape index (κ2) is 2.56. The topological polar surface area (TPSA) is 26.0 Å². The molecule has 0 saturated heterocycles. The fourth-order valence-electron chi connectivity index (χ4n) is 2.02. The van der Waals surface area contributed by atoms with Gasteiger partial charge in [-0.05, 0) is 48.6 Å². The highest BCUT2D eigenvalue weighted by atomic mass is 19.1. The van der Waals surface area contributed by atoms with Gasteiger partial charge in [0.2, 0.25) is 0 Å². The second-order valence-electron chi connectivity index (χ2n) is 3.44. The van der Waals surface area contributed by atoms with Gasteiger partial charge in [0.1, 0.15) is 5.82 Å². The van der Waals surface area contributed by atoms with E-state index in [1.807, 2.05) is 6.92 Å². The van der Waals surface area contributed by atoms with Crippen molar-refractivity contribution in [2.75, 3.05) is 0 Å². The molecule has 64 valence electrons. The van der Waals surface area contributed by atoms with Crippen molar-refractivity contribution in [1.29, 1.82) is 0 Å². The van der Waals surface area contributed by atoms with Gasteiger partial charge in [-0.25, -0.2) is 4.39 Å². The maximum absolute atomic E-state index is 12.9. The Kier molecular flexibility index (Phi) is 1.65. The number of rotatable bonds is 0. The largest absolute Gasteiger partial charge is 0.324 e. The molecule has 12 heavy (non-hydrogen) atoms. The number of aryl methyl sites for hydroxylation is 2.